The number of carbonyl (C=O) groups excluding carboxylic acids is 1. The highest BCUT2D eigenvalue weighted by Gasteiger charge is 2.20. The molecule has 0 bridgehead atoms. The molecule has 116 valence electrons. The Morgan fingerprint density at radius 1 is 1.29 bits per heavy atom. The molecule has 0 fully saturated rings. The van der Waals surface area contributed by atoms with E-state index in [1.807, 2.05) is 0 Å². The maximum absolute atomic E-state index is 11.7. The van der Waals surface area contributed by atoms with Crippen LogP contribution in [0.1, 0.15) is 6.42 Å². The molecule has 0 aliphatic rings. The number of aliphatic hydroxyl groups is 1. The quantitative estimate of drug-likeness (QED) is 0.525. The van der Waals surface area contributed by atoms with Gasteiger partial charge in [0.15, 0.2) is 0 Å². The van der Waals surface area contributed by atoms with E-state index in [0.29, 0.717) is 0 Å². The van der Waals surface area contributed by atoms with Crippen LogP contribution >= 0.6 is 0 Å². The first kappa shape index (κ1) is 16.4. The number of urea groups is 1. The third-order valence-corrected chi connectivity index (χ3v) is 2.34. The minimum atomic E-state index is -1.26. The van der Waals surface area contributed by atoms with Crippen LogP contribution in [-0.4, -0.2) is 59.0 Å². The van der Waals surface area contributed by atoms with Crippen molar-refractivity contribution < 1.29 is 29.3 Å². The lowest BCUT2D eigenvalue weighted by Gasteiger charge is -2.13. The van der Waals surface area contributed by atoms with Crippen LogP contribution in [0.15, 0.2) is 6.07 Å². The van der Waals surface area contributed by atoms with Crippen molar-refractivity contribution in [1.82, 2.24) is 15.3 Å². The monoisotopic (exact) mass is 300 g/mol. The zero-order valence-electron chi connectivity index (χ0n) is 11.5. The van der Waals surface area contributed by atoms with Gasteiger partial charge in [0.25, 0.3) is 0 Å². The first-order valence-corrected chi connectivity index (χ1v) is 5.88. The van der Waals surface area contributed by atoms with E-state index < -0.39 is 18.0 Å². The van der Waals surface area contributed by atoms with Crippen molar-refractivity contribution in [2.45, 2.75) is 12.5 Å². The van der Waals surface area contributed by atoms with Crippen molar-refractivity contribution in [3.63, 3.8) is 0 Å². The second kappa shape index (κ2) is 7.85. The average Bonchev–Trinajstić information content (AvgIpc) is 2.46. The van der Waals surface area contributed by atoms with Crippen LogP contribution in [0.25, 0.3) is 0 Å². The number of anilines is 1. The molecule has 1 aromatic rings. The molecule has 1 aromatic heterocycles. The fourth-order valence-corrected chi connectivity index (χ4v) is 1.35. The molecular formula is C11H16N4O6. The predicted molar refractivity (Wildman–Crippen MR) is 70.4 cm³/mol. The lowest BCUT2D eigenvalue weighted by molar-refractivity contribution is -0.139. The van der Waals surface area contributed by atoms with Gasteiger partial charge < -0.3 is 25.0 Å². The van der Waals surface area contributed by atoms with E-state index in [1.54, 1.807) is 0 Å². The van der Waals surface area contributed by atoms with Crippen LogP contribution in [0.3, 0.4) is 0 Å². The van der Waals surface area contributed by atoms with Crippen molar-refractivity contribution in [1.29, 1.82) is 0 Å². The summed E-state index contributed by atoms with van der Waals surface area (Å²) in [5.41, 5.74) is 0. The molecule has 0 aliphatic carbocycles. The van der Waals surface area contributed by atoms with Gasteiger partial charge in [0.1, 0.15) is 6.04 Å². The molecule has 4 N–H and O–H groups in total. The Kier molecular flexibility index (Phi) is 6.14. The summed E-state index contributed by atoms with van der Waals surface area (Å²) in [4.78, 5) is 30.2. The molecule has 10 nitrogen and oxygen atoms in total. The maximum atomic E-state index is 11.7. The van der Waals surface area contributed by atoms with Crippen LogP contribution in [0, 0.1) is 0 Å². The van der Waals surface area contributed by atoms with Gasteiger partial charge in [0.05, 0.1) is 20.3 Å². The van der Waals surface area contributed by atoms with E-state index in [1.165, 1.54) is 20.3 Å². The van der Waals surface area contributed by atoms with Gasteiger partial charge in [-0.15, -0.1) is 0 Å². The first-order valence-electron chi connectivity index (χ1n) is 5.88. The lowest BCUT2D eigenvalue weighted by Crippen LogP contribution is -2.43. The number of aliphatic carboxylic acids is 1. The molecule has 0 saturated carbocycles. The highest BCUT2D eigenvalue weighted by Crippen LogP contribution is 2.17. The molecule has 0 aromatic carbocycles. The van der Waals surface area contributed by atoms with Crippen molar-refractivity contribution in [3.8, 4) is 11.8 Å². The van der Waals surface area contributed by atoms with Crippen LogP contribution in [0.5, 0.6) is 11.8 Å². The van der Waals surface area contributed by atoms with Crippen molar-refractivity contribution in [2.75, 3.05) is 26.1 Å². The van der Waals surface area contributed by atoms with E-state index in [0.717, 1.165) is 0 Å². The predicted octanol–water partition coefficient (Wildman–Crippen LogP) is -0.549. The average molecular weight is 300 g/mol. The Labute approximate surface area is 120 Å². The lowest BCUT2D eigenvalue weighted by atomic mass is 10.2. The van der Waals surface area contributed by atoms with Gasteiger partial charge in [-0.2, -0.15) is 9.97 Å². The van der Waals surface area contributed by atoms with E-state index in [-0.39, 0.29) is 30.7 Å². The van der Waals surface area contributed by atoms with Gasteiger partial charge in [-0.25, -0.2) is 9.59 Å². The number of carboxylic acid groups (broad SMARTS) is 1. The largest absolute Gasteiger partial charge is 0.481 e. The number of rotatable bonds is 7. The minimum Gasteiger partial charge on any atom is -0.481 e. The standard InChI is InChI=1S/C11H16N4O6/c1-20-7-5-8(21-2)14-10(13-7)15-11(19)12-6(3-4-16)9(17)18/h5-6,16H,3-4H2,1-2H3,(H,17,18)(H2,12,13,14,15,19)/t6-/m0/s1. The SMILES string of the molecule is COc1cc(OC)nc(NC(=O)N[C@@H](CCO)C(=O)O)n1. The zero-order valence-corrected chi connectivity index (χ0v) is 11.5. The first-order chi connectivity index (χ1) is 9.99. The number of hydrogen-bond donors (Lipinski definition) is 4. The van der Waals surface area contributed by atoms with Crippen LogP contribution in [-0.2, 0) is 4.79 Å². The number of methoxy groups -OCH3 is 2. The number of hydrogen-bond acceptors (Lipinski definition) is 7. The van der Waals surface area contributed by atoms with E-state index >= 15 is 0 Å². The molecule has 10 heteroatoms. The van der Waals surface area contributed by atoms with Gasteiger partial charge in [0, 0.05) is 13.0 Å². The highest BCUT2D eigenvalue weighted by molar-refractivity contribution is 5.90. The summed E-state index contributed by atoms with van der Waals surface area (Å²) in [7, 11) is 2.76. The summed E-state index contributed by atoms with van der Waals surface area (Å²) in [6.07, 6.45) is -0.120. The number of aliphatic hydroxyl groups excluding tert-OH is 1. The molecule has 0 radical (unpaired) electrons. The highest BCUT2D eigenvalue weighted by atomic mass is 16.5. The van der Waals surface area contributed by atoms with E-state index in [4.69, 9.17) is 19.7 Å². The molecule has 0 spiro atoms. The molecule has 2 amide bonds. The second-order valence-corrected chi connectivity index (χ2v) is 3.78. The molecule has 0 aliphatic heterocycles. The maximum Gasteiger partial charge on any atom is 0.326 e. The van der Waals surface area contributed by atoms with E-state index in [9.17, 15) is 9.59 Å². The third kappa shape index (κ3) is 5.10. The Balaban J connectivity index is 2.75. The number of amides is 2. The fourth-order valence-electron chi connectivity index (χ4n) is 1.35. The summed E-state index contributed by atoms with van der Waals surface area (Å²) in [5, 5.41) is 22.0. The number of nitrogens with one attached hydrogen (secondary N) is 2. The van der Waals surface area contributed by atoms with Crippen molar-refractivity contribution in [2.24, 2.45) is 0 Å². The molecule has 1 rings (SSSR count). The summed E-state index contributed by atoms with van der Waals surface area (Å²) < 4.78 is 9.81. The fraction of sp³-hybridized carbons (Fsp3) is 0.455. The Morgan fingerprint density at radius 3 is 2.29 bits per heavy atom. The zero-order chi connectivity index (χ0) is 15.8. The number of carbonyl (C=O) groups is 2. The van der Waals surface area contributed by atoms with Gasteiger partial charge in [0.2, 0.25) is 17.7 Å². The van der Waals surface area contributed by atoms with Crippen LogP contribution in [0.4, 0.5) is 10.7 Å². The molecule has 0 saturated heterocycles. The Morgan fingerprint density at radius 2 is 1.86 bits per heavy atom. The van der Waals surface area contributed by atoms with Crippen molar-refractivity contribution >= 4 is 17.9 Å². The van der Waals surface area contributed by atoms with Crippen molar-refractivity contribution in [3.05, 3.63) is 6.07 Å². The summed E-state index contributed by atoms with van der Waals surface area (Å²) >= 11 is 0. The molecular weight excluding hydrogens is 284 g/mol. The molecule has 1 atom stereocenters. The third-order valence-electron chi connectivity index (χ3n) is 2.34. The summed E-state index contributed by atoms with van der Waals surface area (Å²) in [5.74, 6) is -1.04. The Hall–Kier alpha value is -2.62. The summed E-state index contributed by atoms with van der Waals surface area (Å²) in [6.45, 7) is -0.374. The molecule has 21 heavy (non-hydrogen) atoms. The molecule has 1 heterocycles. The van der Waals surface area contributed by atoms with Gasteiger partial charge in [-0.1, -0.05) is 0 Å². The normalized spacial score (nSPS) is 11.4. The number of aromatic nitrogens is 2. The smallest absolute Gasteiger partial charge is 0.326 e. The van der Waals surface area contributed by atoms with Crippen LogP contribution in [0.2, 0.25) is 0 Å². The Bertz CT molecular complexity index is 487. The second-order valence-electron chi connectivity index (χ2n) is 3.78. The molecule has 0 unspecified atom stereocenters. The number of nitrogens with zero attached hydrogens (tertiary/aromatic N) is 2. The summed E-state index contributed by atoms with van der Waals surface area (Å²) in [6, 6.07) is -0.636. The van der Waals surface area contributed by atoms with E-state index in [2.05, 4.69) is 20.6 Å². The number of carboxylic acids is 1. The minimum absolute atomic E-state index is 0.114. The van der Waals surface area contributed by atoms with Crippen LogP contribution < -0.4 is 20.1 Å². The number of ether oxygens (including phenoxy) is 2. The van der Waals surface area contributed by atoms with Gasteiger partial charge in [-0.3, -0.25) is 5.32 Å². The van der Waals surface area contributed by atoms with Gasteiger partial charge in [-0.05, 0) is 0 Å². The topological polar surface area (TPSA) is 143 Å². The van der Waals surface area contributed by atoms with Gasteiger partial charge >= 0.3 is 12.0 Å².